The molecule has 0 fully saturated rings. The zero-order chi connectivity index (χ0) is 9.30. The highest BCUT2D eigenvalue weighted by Crippen LogP contribution is 2.22. The Labute approximate surface area is 76.8 Å². The number of halogens is 1. The topological polar surface area (TPSA) is 67.3 Å². The number of carboxylic acids is 1. The smallest absolute Gasteiger partial charge is 0.348 e. The van der Waals surface area contributed by atoms with Crippen molar-refractivity contribution < 1.29 is 14.7 Å². The van der Waals surface area contributed by atoms with Gasteiger partial charge in [0.25, 0.3) is 0 Å². The summed E-state index contributed by atoms with van der Waals surface area (Å²) in [5, 5.41) is 8.59. The Morgan fingerprint density at radius 1 is 1.58 bits per heavy atom. The highest BCUT2D eigenvalue weighted by molar-refractivity contribution is 7.17. The predicted molar refractivity (Wildman–Crippen MR) is 44.1 cm³/mol. The van der Waals surface area contributed by atoms with Gasteiger partial charge in [-0.15, -0.1) is 0 Å². The monoisotopic (exact) mass is 205 g/mol. The first-order chi connectivity index (χ1) is 5.52. The van der Waals surface area contributed by atoms with Crippen LogP contribution in [-0.4, -0.2) is 21.8 Å². The minimum Gasteiger partial charge on any atom is -0.477 e. The van der Waals surface area contributed by atoms with Crippen molar-refractivity contribution in [2.45, 2.75) is 6.92 Å². The molecule has 1 heterocycles. The Kier molecular flexibility index (Phi) is 2.44. The normalized spacial score (nSPS) is 9.83. The molecule has 0 amide bonds. The molecule has 0 aliphatic carbocycles. The van der Waals surface area contributed by atoms with E-state index in [0.717, 1.165) is 11.3 Å². The molecule has 0 bridgehead atoms. The van der Waals surface area contributed by atoms with Crippen molar-refractivity contribution in [3.8, 4) is 0 Å². The molecule has 0 aliphatic rings. The highest BCUT2D eigenvalue weighted by atomic mass is 35.5. The Morgan fingerprint density at radius 3 is 2.50 bits per heavy atom. The van der Waals surface area contributed by atoms with Crippen molar-refractivity contribution in [3.63, 3.8) is 0 Å². The van der Waals surface area contributed by atoms with Gasteiger partial charge in [0.2, 0.25) is 0 Å². The molecular weight excluding hydrogens is 202 g/mol. The Hall–Kier alpha value is -0.940. The van der Waals surface area contributed by atoms with Gasteiger partial charge in [-0.05, 0) is 0 Å². The van der Waals surface area contributed by atoms with Crippen molar-refractivity contribution >= 4 is 34.7 Å². The van der Waals surface area contributed by atoms with Gasteiger partial charge in [0, 0.05) is 6.92 Å². The largest absolute Gasteiger partial charge is 0.477 e. The number of Topliss-reactive ketones (excluding diaryl/α,β-unsaturated/α-hetero) is 1. The van der Waals surface area contributed by atoms with Gasteiger partial charge in [-0.1, -0.05) is 22.9 Å². The second-order valence-electron chi connectivity index (χ2n) is 2.01. The number of hydrogen-bond donors (Lipinski definition) is 1. The zero-order valence-corrected chi connectivity index (χ0v) is 7.57. The summed E-state index contributed by atoms with van der Waals surface area (Å²) in [6.07, 6.45) is 0. The van der Waals surface area contributed by atoms with Crippen LogP contribution < -0.4 is 0 Å². The summed E-state index contributed by atoms with van der Waals surface area (Å²) < 4.78 is 0.0672. The van der Waals surface area contributed by atoms with Crippen LogP contribution in [0.4, 0.5) is 0 Å². The van der Waals surface area contributed by atoms with E-state index in [2.05, 4.69) is 4.98 Å². The standard InChI is InChI=1S/C6H4ClNO3S/c1-2(9)3-4(5(10)11)12-6(7)8-3/h1H3,(H,10,11). The minimum atomic E-state index is -1.18. The van der Waals surface area contributed by atoms with Crippen LogP contribution in [0.5, 0.6) is 0 Å². The highest BCUT2D eigenvalue weighted by Gasteiger charge is 2.19. The zero-order valence-electron chi connectivity index (χ0n) is 6.00. The molecule has 1 rings (SSSR count). The summed E-state index contributed by atoms with van der Waals surface area (Å²) in [6.45, 7) is 1.25. The molecule has 6 heteroatoms. The van der Waals surface area contributed by atoms with Crippen molar-refractivity contribution in [1.82, 2.24) is 4.98 Å². The molecule has 0 saturated heterocycles. The van der Waals surface area contributed by atoms with E-state index in [9.17, 15) is 9.59 Å². The first-order valence-electron chi connectivity index (χ1n) is 2.93. The van der Waals surface area contributed by atoms with Crippen LogP contribution in [0, 0.1) is 0 Å². The number of ketones is 1. The number of aromatic nitrogens is 1. The lowest BCUT2D eigenvalue weighted by atomic mass is 10.3. The number of hydrogen-bond acceptors (Lipinski definition) is 4. The third-order valence-electron chi connectivity index (χ3n) is 1.13. The number of nitrogens with zero attached hydrogens (tertiary/aromatic N) is 1. The van der Waals surface area contributed by atoms with E-state index in [1.807, 2.05) is 0 Å². The molecular formula is C6H4ClNO3S. The maximum atomic E-state index is 10.8. The lowest BCUT2D eigenvalue weighted by Gasteiger charge is -1.88. The van der Waals surface area contributed by atoms with E-state index in [-0.39, 0.29) is 15.0 Å². The summed E-state index contributed by atoms with van der Waals surface area (Å²) in [5.41, 5.74) is -0.0718. The lowest BCUT2D eigenvalue weighted by molar-refractivity contribution is 0.0697. The van der Waals surface area contributed by atoms with Gasteiger partial charge >= 0.3 is 5.97 Å². The van der Waals surface area contributed by atoms with Crippen LogP contribution >= 0.6 is 22.9 Å². The quantitative estimate of drug-likeness (QED) is 0.747. The molecule has 0 spiro atoms. The molecule has 0 atom stereocenters. The third kappa shape index (κ3) is 1.62. The number of aromatic carboxylic acids is 1. The SMILES string of the molecule is CC(=O)c1nc(Cl)sc1C(=O)O. The van der Waals surface area contributed by atoms with Crippen LogP contribution in [0.25, 0.3) is 0 Å². The maximum Gasteiger partial charge on any atom is 0.348 e. The first-order valence-corrected chi connectivity index (χ1v) is 4.12. The summed E-state index contributed by atoms with van der Waals surface area (Å²) >= 11 is 6.23. The van der Waals surface area contributed by atoms with Crippen molar-refractivity contribution in [3.05, 3.63) is 15.0 Å². The molecule has 0 unspecified atom stereocenters. The van der Waals surface area contributed by atoms with Crippen molar-refractivity contribution in [1.29, 1.82) is 0 Å². The predicted octanol–water partition coefficient (Wildman–Crippen LogP) is 1.70. The van der Waals surface area contributed by atoms with Gasteiger partial charge in [-0.25, -0.2) is 9.78 Å². The minimum absolute atomic E-state index is 0.0672. The fraction of sp³-hybridized carbons (Fsp3) is 0.167. The second-order valence-corrected chi connectivity index (χ2v) is 3.59. The molecule has 4 nitrogen and oxygen atoms in total. The van der Waals surface area contributed by atoms with Gasteiger partial charge in [-0.3, -0.25) is 4.79 Å². The molecule has 64 valence electrons. The Bertz CT molecular complexity index is 315. The van der Waals surface area contributed by atoms with Gasteiger partial charge in [-0.2, -0.15) is 0 Å². The van der Waals surface area contributed by atoms with Gasteiger partial charge in [0.1, 0.15) is 10.6 Å². The van der Waals surface area contributed by atoms with E-state index in [1.54, 1.807) is 0 Å². The summed E-state index contributed by atoms with van der Waals surface area (Å²) in [4.78, 5) is 24.8. The van der Waals surface area contributed by atoms with Crippen molar-refractivity contribution in [2.75, 3.05) is 0 Å². The Morgan fingerprint density at radius 2 is 2.17 bits per heavy atom. The van der Waals surface area contributed by atoms with Gasteiger partial charge in [0.05, 0.1) is 0 Å². The summed E-state index contributed by atoms with van der Waals surface area (Å²) in [7, 11) is 0. The molecule has 1 aromatic heterocycles. The lowest BCUT2D eigenvalue weighted by Crippen LogP contribution is -2.02. The molecule has 0 radical (unpaired) electrons. The third-order valence-corrected chi connectivity index (χ3v) is 2.28. The average molecular weight is 206 g/mol. The average Bonchev–Trinajstić information content (AvgIpc) is 2.31. The molecule has 1 aromatic rings. The van der Waals surface area contributed by atoms with E-state index < -0.39 is 11.8 Å². The molecule has 0 aliphatic heterocycles. The van der Waals surface area contributed by atoms with Gasteiger partial charge < -0.3 is 5.11 Å². The fourth-order valence-electron chi connectivity index (χ4n) is 0.678. The van der Waals surface area contributed by atoms with Crippen LogP contribution in [-0.2, 0) is 0 Å². The fourth-order valence-corrected chi connectivity index (χ4v) is 1.67. The van der Waals surface area contributed by atoms with Crippen LogP contribution in [0.3, 0.4) is 0 Å². The first kappa shape index (κ1) is 9.15. The van der Waals surface area contributed by atoms with Crippen LogP contribution in [0.2, 0.25) is 4.47 Å². The summed E-state index contributed by atoms with van der Waals surface area (Å²) in [5.74, 6) is -1.57. The van der Waals surface area contributed by atoms with Crippen LogP contribution in [0.1, 0.15) is 27.1 Å². The number of carboxylic acid groups (broad SMARTS) is 1. The molecule has 1 N–H and O–H groups in total. The molecule has 12 heavy (non-hydrogen) atoms. The molecule has 0 aromatic carbocycles. The van der Waals surface area contributed by atoms with Crippen LogP contribution in [0.15, 0.2) is 0 Å². The van der Waals surface area contributed by atoms with E-state index in [4.69, 9.17) is 16.7 Å². The summed E-state index contributed by atoms with van der Waals surface area (Å²) in [6, 6.07) is 0. The van der Waals surface area contributed by atoms with Gasteiger partial charge in [0.15, 0.2) is 10.3 Å². The molecule has 0 saturated carbocycles. The number of rotatable bonds is 2. The number of carbonyl (C=O) groups excluding carboxylic acids is 1. The van der Waals surface area contributed by atoms with Crippen molar-refractivity contribution in [2.24, 2.45) is 0 Å². The number of thiazole rings is 1. The van der Waals surface area contributed by atoms with E-state index >= 15 is 0 Å². The van der Waals surface area contributed by atoms with E-state index in [1.165, 1.54) is 6.92 Å². The van der Waals surface area contributed by atoms with E-state index in [0.29, 0.717) is 0 Å². The Balaban J connectivity index is 3.26. The number of carbonyl (C=O) groups is 2. The maximum absolute atomic E-state index is 10.8. The second kappa shape index (κ2) is 3.20.